The smallest absolute Gasteiger partial charge is 0.103 e. The number of likely N-dealkylation sites (tertiary alicyclic amines) is 1. The first-order valence-corrected chi connectivity index (χ1v) is 7.39. The average Bonchev–Trinajstić information content (AvgIpc) is 2.33. The van der Waals surface area contributed by atoms with Crippen LogP contribution in [-0.4, -0.2) is 23.2 Å². The Morgan fingerprint density at radius 2 is 1.74 bits per heavy atom. The molecule has 1 aliphatic rings. The quantitative estimate of drug-likeness (QED) is 0.795. The molecule has 0 aromatic heterocycles. The van der Waals surface area contributed by atoms with Crippen molar-refractivity contribution in [2.24, 2.45) is 5.92 Å². The van der Waals surface area contributed by atoms with E-state index in [-0.39, 0.29) is 11.5 Å². The van der Waals surface area contributed by atoms with Gasteiger partial charge in [0.1, 0.15) is 5.60 Å². The lowest BCUT2D eigenvalue weighted by molar-refractivity contribution is -0.978. The molecule has 1 aromatic carbocycles. The fraction of sp³-hybridized carbons (Fsp3) is 0.647. The maximum atomic E-state index is 11.2. The molecule has 0 aliphatic carbocycles. The molecule has 2 heteroatoms. The van der Waals surface area contributed by atoms with Crippen molar-refractivity contribution >= 4 is 0 Å². The minimum atomic E-state index is -0.671. The highest BCUT2D eigenvalue weighted by molar-refractivity contribution is 5.23. The molecule has 1 fully saturated rings. The van der Waals surface area contributed by atoms with Crippen LogP contribution in [0.1, 0.15) is 46.6 Å². The molecular weight excluding hydrogens is 234 g/mol. The van der Waals surface area contributed by atoms with E-state index in [0.29, 0.717) is 6.04 Å². The zero-order valence-electron chi connectivity index (χ0n) is 12.9. The van der Waals surface area contributed by atoms with Crippen molar-refractivity contribution in [2.45, 2.75) is 58.2 Å². The molecule has 0 radical (unpaired) electrons. The highest BCUT2D eigenvalue weighted by Gasteiger charge is 2.48. The summed E-state index contributed by atoms with van der Waals surface area (Å²) in [5.74, 6) is 0.278. The van der Waals surface area contributed by atoms with Gasteiger partial charge in [0.2, 0.25) is 0 Å². The Morgan fingerprint density at radius 1 is 1.16 bits per heavy atom. The van der Waals surface area contributed by atoms with E-state index in [1.54, 1.807) is 4.90 Å². The summed E-state index contributed by atoms with van der Waals surface area (Å²) >= 11 is 0. The minimum Gasteiger partial charge on any atom is -0.384 e. The fourth-order valence-electron chi connectivity index (χ4n) is 3.67. The molecule has 0 bridgehead atoms. The maximum Gasteiger partial charge on any atom is 0.103 e. The summed E-state index contributed by atoms with van der Waals surface area (Å²) in [6.45, 7) is 12.3. The van der Waals surface area contributed by atoms with Gasteiger partial charge >= 0.3 is 0 Å². The number of benzene rings is 1. The van der Waals surface area contributed by atoms with Gasteiger partial charge in [0.25, 0.3) is 0 Å². The Kier molecular flexibility index (Phi) is 3.76. The summed E-state index contributed by atoms with van der Waals surface area (Å²) in [4.78, 5) is 1.60. The normalized spacial score (nSPS) is 36.2. The summed E-state index contributed by atoms with van der Waals surface area (Å²) in [5.41, 5.74) is 0.642. The third-order valence-corrected chi connectivity index (χ3v) is 4.79. The molecule has 1 saturated heterocycles. The topological polar surface area (TPSA) is 24.7 Å². The number of piperidine rings is 1. The highest BCUT2D eigenvalue weighted by atomic mass is 16.3. The Hall–Kier alpha value is -0.860. The lowest BCUT2D eigenvalue weighted by Gasteiger charge is -2.49. The van der Waals surface area contributed by atoms with Gasteiger partial charge < -0.3 is 10.0 Å². The second-order valence-corrected chi connectivity index (χ2v) is 7.28. The highest BCUT2D eigenvalue weighted by Crippen LogP contribution is 2.35. The number of hydrogen-bond acceptors (Lipinski definition) is 1. The van der Waals surface area contributed by atoms with E-state index in [2.05, 4.69) is 46.8 Å². The van der Waals surface area contributed by atoms with Crippen molar-refractivity contribution < 1.29 is 10.0 Å². The first-order chi connectivity index (χ1) is 8.75. The fourth-order valence-corrected chi connectivity index (χ4v) is 3.67. The molecular formula is C17H28NO+. The van der Waals surface area contributed by atoms with Crippen molar-refractivity contribution in [1.82, 2.24) is 0 Å². The van der Waals surface area contributed by atoms with E-state index in [1.165, 1.54) is 0 Å². The van der Waals surface area contributed by atoms with Gasteiger partial charge in [-0.2, -0.15) is 0 Å². The molecule has 0 saturated carbocycles. The average molecular weight is 262 g/mol. The van der Waals surface area contributed by atoms with Crippen molar-refractivity contribution in [3.8, 4) is 0 Å². The molecule has 1 heterocycles. The second kappa shape index (κ2) is 4.92. The van der Waals surface area contributed by atoms with Gasteiger partial charge in [-0.1, -0.05) is 37.3 Å². The van der Waals surface area contributed by atoms with Crippen molar-refractivity contribution in [2.75, 3.05) is 6.54 Å². The Bertz CT molecular complexity index is 423. The van der Waals surface area contributed by atoms with Crippen LogP contribution in [0.25, 0.3) is 0 Å². The van der Waals surface area contributed by atoms with Crippen molar-refractivity contribution in [3.05, 3.63) is 35.9 Å². The second-order valence-electron chi connectivity index (χ2n) is 7.28. The van der Waals surface area contributed by atoms with Crippen LogP contribution >= 0.6 is 0 Å². The maximum absolute atomic E-state index is 11.2. The largest absolute Gasteiger partial charge is 0.384 e. The number of rotatable bonds is 1. The van der Waals surface area contributed by atoms with Crippen molar-refractivity contribution in [1.29, 1.82) is 0 Å². The summed E-state index contributed by atoms with van der Waals surface area (Å²) in [6, 6.07) is 10.6. The summed E-state index contributed by atoms with van der Waals surface area (Å²) in [5, 5.41) is 11.2. The summed E-state index contributed by atoms with van der Waals surface area (Å²) in [6.07, 6.45) is 0.838. The van der Waals surface area contributed by atoms with Crippen LogP contribution < -0.4 is 4.90 Å². The first kappa shape index (κ1) is 14.5. The molecule has 0 spiro atoms. The van der Waals surface area contributed by atoms with E-state index in [1.807, 2.05) is 18.2 Å². The monoisotopic (exact) mass is 262 g/mol. The summed E-state index contributed by atoms with van der Waals surface area (Å²) < 4.78 is 0. The summed E-state index contributed by atoms with van der Waals surface area (Å²) in [7, 11) is 0. The van der Waals surface area contributed by atoms with E-state index in [0.717, 1.165) is 18.5 Å². The number of hydrogen-bond donors (Lipinski definition) is 2. The third-order valence-electron chi connectivity index (χ3n) is 4.79. The Morgan fingerprint density at radius 3 is 2.26 bits per heavy atom. The Labute approximate surface area is 117 Å². The van der Waals surface area contributed by atoms with Gasteiger partial charge in [-0.15, -0.1) is 0 Å². The Balaban J connectivity index is 2.28. The van der Waals surface area contributed by atoms with Crippen LogP contribution in [-0.2, 0) is 5.60 Å². The molecule has 1 unspecified atom stereocenters. The molecule has 2 N–H and O–H groups in total. The van der Waals surface area contributed by atoms with Gasteiger partial charge in [0, 0.05) is 12.3 Å². The van der Waals surface area contributed by atoms with E-state index < -0.39 is 5.60 Å². The van der Waals surface area contributed by atoms with Crippen LogP contribution in [0.5, 0.6) is 0 Å². The predicted octanol–water partition coefficient (Wildman–Crippen LogP) is 1.99. The zero-order chi connectivity index (χ0) is 14.3. The van der Waals surface area contributed by atoms with Gasteiger partial charge in [0.15, 0.2) is 0 Å². The van der Waals surface area contributed by atoms with E-state index >= 15 is 0 Å². The van der Waals surface area contributed by atoms with Crippen LogP contribution in [0.2, 0.25) is 0 Å². The van der Waals surface area contributed by atoms with Crippen LogP contribution in [0, 0.1) is 5.92 Å². The van der Waals surface area contributed by atoms with Gasteiger partial charge in [-0.25, -0.2) is 0 Å². The molecule has 2 rings (SSSR count). The molecule has 1 aliphatic heterocycles. The minimum absolute atomic E-state index is 0.242. The molecule has 2 nitrogen and oxygen atoms in total. The van der Waals surface area contributed by atoms with Crippen molar-refractivity contribution in [3.63, 3.8) is 0 Å². The van der Waals surface area contributed by atoms with E-state index in [9.17, 15) is 5.11 Å². The SMILES string of the molecule is C[C@@H]1C[NH+](C(C)(C)C)[C@@H](C)C[C@]1(O)c1ccccc1. The van der Waals surface area contributed by atoms with Gasteiger partial charge in [-0.3, -0.25) is 0 Å². The predicted molar refractivity (Wildman–Crippen MR) is 79.2 cm³/mol. The molecule has 1 aromatic rings. The van der Waals surface area contributed by atoms with Crippen LogP contribution in [0.3, 0.4) is 0 Å². The molecule has 106 valence electrons. The standard InChI is InChI=1S/C17H27NO/c1-13-12-18(16(3,4)5)14(2)11-17(13,19)15-9-7-6-8-10-15/h6-10,13-14,19H,11-12H2,1-5H3/p+1/t13-,14+,17-/m1/s1. The molecule has 4 atom stereocenters. The number of aliphatic hydroxyl groups is 1. The number of nitrogens with one attached hydrogen (secondary N) is 1. The third kappa shape index (κ3) is 2.70. The molecule has 19 heavy (non-hydrogen) atoms. The lowest BCUT2D eigenvalue weighted by atomic mass is 9.73. The van der Waals surface area contributed by atoms with Gasteiger partial charge in [0.05, 0.1) is 18.1 Å². The first-order valence-electron chi connectivity index (χ1n) is 7.39. The lowest BCUT2D eigenvalue weighted by Crippen LogP contribution is -3.23. The van der Waals surface area contributed by atoms with Crippen LogP contribution in [0.4, 0.5) is 0 Å². The zero-order valence-corrected chi connectivity index (χ0v) is 12.9. The number of quaternary nitrogens is 1. The molecule has 0 amide bonds. The van der Waals surface area contributed by atoms with Crippen LogP contribution in [0.15, 0.2) is 30.3 Å². The van der Waals surface area contributed by atoms with E-state index in [4.69, 9.17) is 0 Å². The van der Waals surface area contributed by atoms with Gasteiger partial charge in [-0.05, 0) is 33.3 Å².